The van der Waals surface area contributed by atoms with Crippen LogP contribution in [0.1, 0.15) is 27.2 Å². The molecule has 0 atom stereocenters. The van der Waals surface area contributed by atoms with Crippen LogP contribution in [0, 0.1) is 19.7 Å². The normalized spacial score (nSPS) is 10.9. The third-order valence-electron chi connectivity index (χ3n) is 3.38. The van der Waals surface area contributed by atoms with E-state index in [-0.39, 0.29) is 17.4 Å². The Morgan fingerprint density at radius 3 is 2.65 bits per heavy atom. The Hall–Kier alpha value is -2.42. The highest BCUT2D eigenvalue weighted by atomic mass is 19.1. The molecule has 0 aliphatic heterocycles. The van der Waals surface area contributed by atoms with Gasteiger partial charge in [-0.15, -0.1) is 0 Å². The van der Waals surface area contributed by atoms with Crippen molar-refractivity contribution in [2.24, 2.45) is 0 Å². The zero-order valence-electron chi connectivity index (χ0n) is 11.2. The summed E-state index contributed by atoms with van der Waals surface area (Å²) in [6.07, 6.45) is 0. The Morgan fingerprint density at radius 1 is 1.10 bits per heavy atom. The maximum atomic E-state index is 13.3. The highest BCUT2D eigenvalue weighted by Gasteiger charge is 2.19. The van der Waals surface area contributed by atoms with Crippen molar-refractivity contribution in [3.05, 3.63) is 70.7 Å². The van der Waals surface area contributed by atoms with E-state index in [1.165, 1.54) is 12.1 Å². The second-order valence-electron chi connectivity index (χ2n) is 4.90. The van der Waals surface area contributed by atoms with Crippen LogP contribution in [0.4, 0.5) is 4.39 Å². The predicted molar refractivity (Wildman–Crippen MR) is 75.5 cm³/mol. The molecule has 0 aliphatic carbocycles. The Balaban J connectivity index is 2.15. The van der Waals surface area contributed by atoms with Crippen molar-refractivity contribution in [1.82, 2.24) is 0 Å². The predicted octanol–water partition coefficient (Wildman–Crippen LogP) is 4.42. The number of fused-ring (bicyclic) bond motifs is 1. The minimum atomic E-state index is -0.337. The Bertz CT molecular complexity index is 815. The third kappa shape index (κ3) is 2.01. The first-order valence-electron chi connectivity index (χ1n) is 6.36. The van der Waals surface area contributed by atoms with E-state index in [0.29, 0.717) is 22.1 Å². The van der Waals surface area contributed by atoms with Gasteiger partial charge in [0.2, 0.25) is 5.78 Å². The number of ketones is 1. The minimum absolute atomic E-state index is 0.178. The number of hydrogen-bond acceptors (Lipinski definition) is 2. The van der Waals surface area contributed by atoms with Crippen molar-refractivity contribution < 1.29 is 13.6 Å². The van der Waals surface area contributed by atoms with E-state index in [2.05, 4.69) is 0 Å². The lowest BCUT2D eigenvalue weighted by molar-refractivity contribution is 0.101. The molecular formula is C17H13FO2. The number of carbonyl (C=O) groups is 1. The van der Waals surface area contributed by atoms with Crippen LogP contribution >= 0.6 is 0 Å². The molecule has 0 bridgehead atoms. The monoisotopic (exact) mass is 268 g/mol. The quantitative estimate of drug-likeness (QED) is 0.644. The molecule has 3 rings (SSSR count). The third-order valence-corrected chi connectivity index (χ3v) is 3.38. The van der Waals surface area contributed by atoms with Crippen LogP contribution in [0.5, 0.6) is 0 Å². The first-order valence-corrected chi connectivity index (χ1v) is 6.36. The molecule has 0 aliphatic rings. The standard InChI is InChI=1S/C17H13FO2/c1-10-4-3-5-12(8-10)16(19)17-11(2)14-9-13(18)6-7-15(14)20-17/h3-9H,1-2H3. The molecule has 2 nitrogen and oxygen atoms in total. The molecule has 0 spiro atoms. The minimum Gasteiger partial charge on any atom is -0.452 e. The smallest absolute Gasteiger partial charge is 0.228 e. The molecule has 0 saturated heterocycles. The Morgan fingerprint density at radius 2 is 1.90 bits per heavy atom. The van der Waals surface area contributed by atoms with Gasteiger partial charge in [0.1, 0.15) is 11.4 Å². The van der Waals surface area contributed by atoms with E-state index >= 15 is 0 Å². The first-order chi connectivity index (χ1) is 9.56. The Labute approximate surface area is 115 Å². The van der Waals surface area contributed by atoms with E-state index in [4.69, 9.17) is 4.42 Å². The SMILES string of the molecule is Cc1cccc(C(=O)c2oc3ccc(F)cc3c2C)c1. The summed E-state index contributed by atoms with van der Waals surface area (Å²) < 4.78 is 18.9. The summed E-state index contributed by atoms with van der Waals surface area (Å²) in [4.78, 5) is 12.5. The second kappa shape index (κ2) is 4.60. The first kappa shape index (κ1) is 12.6. The molecule has 0 fully saturated rings. The molecule has 2 aromatic carbocycles. The molecule has 0 amide bonds. The van der Waals surface area contributed by atoms with Crippen LogP contribution in [0.2, 0.25) is 0 Å². The summed E-state index contributed by atoms with van der Waals surface area (Å²) in [7, 11) is 0. The number of rotatable bonds is 2. The van der Waals surface area contributed by atoms with Crippen molar-refractivity contribution in [2.45, 2.75) is 13.8 Å². The fourth-order valence-corrected chi connectivity index (χ4v) is 2.33. The topological polar surface area (TPSA) is 30.2 Å². The van der Waals surface area contributed by atoms with E-state index in [9.17, 15) is 9.18 Å². The summed E-state index contributed by atoms with van der Waals surface area (Å²) >= 11 is 0. The average molecular weight is 268 g/mol. The van der Waals surface area contributed by atoms with Gasteiger partial charge in [-0.2, -0.15) is 0 Å². The van der Waals surface area contributed by atoms with Gasteiger partial charge in [0.05, 0.1) is 0 Å². The number of halogens is 1. The fraction of sp³-hybridized carbons (Fsp3) is 0.118. The van der Waals surface area contributed by atoms with Crippen molar-refractivity contribution >= 4 is 16.8 Å². The highest BCUT2D eigenvalue weighted by molar-refractivity contribution is 6.10. The van der Waals surface area contributed by atoms with Crippen molar-refractivity contribution in [3.63, 3.8) is 0 Å². The van der Waals surface area contributed by atoms with Gasteiger partial charge in [-0.1, -0.05) is 23.8 Å². The highest BCUT2D eigenvalue weighted by Crippen LogP contribution is 2.27. The van der Waals surface area contributed by atoms with Gasteiger partial charge in [-0.3, -0.25) is 4.79 Å². The van der Waals surface area contributed by atoms with Gasteiger partial charge in [-0.05, 0) is 38.1 Å². The summed E-state index contributed by atoms with van der Waals surface area (Å²) in [6.45, 7) is 3.70. The Kier molecular flexibility index (Phi) is 2.90. The maximum absolute atomic E-state index is 13.3. The van der Waals surface area contributed by atoms with Gasteiger partial charge >= 0.3 is 0 Å². The van der Waals surface area contributed by atoms with Crippen LogP contribution in [-0.2, 0) is 0 Å². The lowest BCUT2D eigenvalue weighted by atomic mass is 10.0. The van der Waals surface area contributed by atoms with E-state index < -0.39 is 0 Å². The molecule has 1 heterocycles. The van der Waals surface area contributed by atoms with E-state index in [1.807, 2.05) is 25.1 Å². The zero-order valence-corrected chi connectivity index (χ0v) is 11.2. The largest absolute Gasteiger partial charge is 0.452 e. The van der Waals surface area contributed by atoms with Crippen molar-refractivity contribution in [1.29, 1.82) is 0 Å². The van der Waals surface area contributed by atoms with E-state index in [0.717, 1.165) is 5.56 Å². The molecule has 100 valence electrons. The molecule has 3 heteroatoms. The van der Waals surface area contributed by atoms with Gasteiger partial charge < -0.3 is 4.42 Å². The van der Waals surface area contributed by atoms with Gasteiger partial charge in [0.15, 0.2) is 5.76 Å². The van der Waals surface area contributed by atoms with Crippen LogP contribution in [-0.4, -0.2) is 5.78 Å². The zero-order chi connectivity index (χ0) is 14.3. The van der Waals surface area contributed by atoms with Gasteiger partial charge in [-0.25, -0.2) is 4.39 Å². The van der Waals surface area contributed by atoms with Crippen LogP contribution in [0.25, 0.3) is 11.0 Å². The molecule has 20 heavy (non-hydrogen) atoms. The summed E-state index contributed by atoms with van der Waals surface area (Å²) in [6, 6.07) is 11.6. The summed E-state index contributed by atoms with van der Waals surface area (Å²) in [5.74, 6) is -0.241. The van der Waals surface area contributed by atoms with Crippen LogP contribution in [0.15, 0.2) is 46.9 Å². The van der Waals surface area contributed by atoms with Crippen molar-refractivity contribution in [3.8, 4) is 0 Å². The van der Waals surface area contributed by atoms with E-state index in [1.54, 1.807) is 19.1 Å². The molecular weight excluding hydrogens is 255 g/mol. The molecule has 1 aromatic heterocycles. The number of benzene rings is 2. The molecule has 0 radical (unpaired) electrons. The maximum Gasteiger partial charge on any atom is 0.228 e. The molecule has 0 saturated carbocycles. The molecule has 0 N–H and O–H groups in total. The number of carbonyl (C=O) groups excluding carboxylic acids is 1. The fourth-order valence-electron chi connectivity index (χ4n) is 2.33. The van der Waals surface area contributed by atoms with Gasteiger partial charge in [0.25, 0.3) is 0 Å². The average Bonchev–Trinajstić information content (AvgIpc) is 2.75. The number of furan rings is 1. The van der Waals surface area contributed by atoms with Gasteiger partial charge in [0, 0.05) is 16.5 Å². The number of aryl methyl sites for hydroxylation is 2. The second-order valence-corrected chi connectivity index (χ2v) is 4.90. The van der Waals surface area contributed by atoms with Crippen LogP contribution < -0.4 is 0 Å². The molecule has 3 aromatic rings. The lowest BCUT2D eigenvalue weighted by Crippen LogP contribution is -2.01. The van der Waals surface area contributed by atoms with Crippen molar-refractivity contribution in [2.75, 3.05) is 0 Å². The molecule has 0 unspecified atom stereocenters. The summed E-state index contributed by atoms with van der Waals surface area (Å²) in [5.41, 5.74) is 2.79. The van der Waals surface area contributed by atoms with Crippen LogP contribution in [0.3, 0.4) is 0 Å². The lowest BCUT2D eigenvalue weighted by Gasteiger charge is -2.00. The summed E-state index contributed by atoms with van der Waals surface area (Å²) in [5, 5.41) is 0.640. The number of hydrogen-bond donors (Lipinski definition) is 0.